The fourth-order valence-corrected chi connectivity index (χ4v) is 2.84. The molecule has 0 aromatic carbocycles. The van der Waals surface area contributed by atoms with Crippen LogP contribution in [0.2, 0.25) is 0 Å². The quantitative estimate of drug-likeness (QED) is 0.595. The highest BCUT2D eigenvalue weighted by Gasteiger charge is 2.44. The zero-order chi connectivity index (χ0) is 10.2. The molecule has 2 rings (SSSR count). The Hall–Kier alpha value is -0.0800. The fraction of sp³-hybridized carbons (Fsp3) is 1.00. The van der Waals surface area contributed by atoms with Gasteiger partial charge in [0.1, 0.15) is 0 Å². The SMILES string of the molecule is CC1CCOC2(CCCC(C)(C)C2)O1. The molecule has 2 atom stereocenters. The summed E-state index contributed by atoms with van der Waals surface area (Å²) < 4.78 is 11.9. The molecule has 0 bridgehead atoms. The maximum atomic E-state index is 6.03. The van der Waals surface area contributed by atoms with Gasteiger partial charge in [0.15, 0.2) is 5.79 Å². The van der Waals surface area contributed by atoms with Crippen molar-refractivity contribution in [2.45, 2.75) is 64.8 Å². The predicted octanol–water partition coefficient (Wildman–Crippen LogP) is 3.11. The predicted molar refractivity (Wildman–Crippen MR) is 56.1 cm³/mol. The first-order chi connectivity index (χ1) is 6.52. The van der Waals surface area contributed by atoms with E-state index < -0.39 is 0 Å². The van der Waals surface area contributed by atoms with E-state index in [9.17, 15) is 0 Å². The molecule has 1 saturated heterocycles. The number of ether oxygens (including phenoxy) is 2. The zero-order valence-corrected chi connectivity index (χ0v) is 9.64. The van der Waals surface area contributed by atoms with Gasteiger partial charge in [-0.1, -0.05) is 13.8 Å². The van der Waals surface area contributed by atoms with Crippen molar-refractivity contribution in [3.63, 3.8) is 0 Å². The van der Waals surface area contributed by atoms with Crippen LogP contribution in [-0.4, -0.2) is 18.5 Å². The van der Waals surface area contributed by atoms with Gasteiger partial charge >= 0.3 is 0 Å². The highest BCUT2D eigenvalue weighted by Crippen LogP contribution is 2.45. The molecular formula is C12H22O2. The molecule has 2 aliphatic rings. The van der Waals surface area contributed by atoms with Crippen molar-refractivity contribution in [1.29, 1.82) is 0 Å². The first-order valence-corrected chi connectivity index (χ1v) is 5.83. The number of rotatable bonds is 0. The monoisotopic (exact) mass is 198 g/mol. The second-order valence-corrected chi connectivity index (χ2v) is 5.67. The lowest BCUT2D eigenvalue weighted by Crippen LogP contribution is -2.48. The van der Waals surface area contributed by atoms with E-state index in [1.54, 1.807) is 0 Å². The minimum atomic E-state index is -0.237. The highest BCUT2D eigenvalue weighted by molar-refractivity contribution is 4.88. The lowest BCUT2D eigenvalue weighted by molar-refractivity contribution is -0.313. The molecule has 2 heteroatoms. The Labute approximate surface area is 87.0 Å². The van der Waals surface area contributed by atoms with Crippen molar-refractivity contribution in [2.75, 3.05) is 6.61 Å². The molecule has 1 heterocycles. The van der Waals surface area contributed by atoms with Gasteiger partial charge in [0.05, 0.1) is 12.7 Å². The summed E-state index contributed by atoms with van der Waals surface area (Å²) >= 11 is 0. The molecule has 1 aliphatic carbocycles. The van der Waals surface area contributed by atoms with E-state index in [-0.39, 0.29) is 5.79 Å². The van der Waals surface area contributed by atoms with Crippen molar-refractivity contribution < 1.29 is 9.47 Å². The van der Waals surface area contributed by atoms with E-state index in [2.05, 4.69) is 20.8 Å². The minimum absolute atomic E-state index is 0.237. The molecule has 2 unspecified atom stereocenters. The summed E-state index contributed by atoms with van der Waals surface area (Å²) in [4.78, 5) is 0. The van der Waals surface area contributed by atoms with Gasteiger partial charge in [-0.3, -0.25) is 0 Å². The largest absolute Gasteiger partial charge is 0.350 e. The molecule has 14 heavy (non-hydrogen) atoms. The van der Waals surface area contributed by atoms with Crippen LogP contribution in [0.4, 0.5) is 0 Å². The number of hydrogen-bond donors (Lipinski definition) is 0. The Morgan fingerprint density at radius 2 is 2.00 bits per heavy atom. The van der Waals surface area contributed by atoms with Crippen LogP contribution in [0.3, 0.4) is 0 Å². The normalized spacial score (nSPS) is 42.6. The summed E-state index contributed by atoms with van der Waals surface area (Å²) in [5, 5.41) is 0. The molecule has 0 radical (unpaired) electrons. The van der Waals surface area contributed by atoms with Crippen molar-refractivity contribution in [3.8, 4) is 0 Å². The van der Waals surface area contributed by atoms with Crippen LogP contribution >= 0.6 is 0 Å². The third-order valence-electron chi connectivity index (χ3n) is 3.46. The van der Waals surface area contributed by atoms with Gasteiger partial charge in [-0.15, -0.1) is 0 Å². The third-order valence-corrected chi connectivity index (χ3v) is 3.46. The molecule has 1 saturated carbocycles. The topological polar surface area (TPSA) is 18.5 Å². The molecule has 0 aromatic rings. The number of hydrogen-bond acceptors (Lipinski definition) is 2. The molecule has 0 N–H and O–H groups in total. The van der Waals surface area contributed by atoms with Crippen LogP contribution in [0.5, 0.6) is 0 Å². The van der Waals surface area contributed by atoms with E-state index in [1.807, 2.05) is 0 Å². The second kappa shape index (κ2) is 3.49. The molecule has 82 valence electrons. The van der Waals surface area contributed by atoms with Gasteiger partial charge in [-0.25, -0.2) is 0 Å². The maximum Gasteiger partial charge on any atom is 0.169 e. The zero-order valence-electron chi connectivity index (χ0n) is 9.64. The van der Waals surface area contributed by atoms with Gasteiger partial charge in [0, 0.05) is 12.8 Å². The van der Waals surface area contributed by atoms with Crippen LogP contribution < -0.4 is 0 Å². The second-order valence-electron chi connectivity index (χ2n) is 5.67. The van der Waals surface area contributed by atoms with Crippen LogP contribution in [0.1, 0.15) is 52.9 Å². The first kappa shape index (κ1) is 10.4. The van der Waals surface area contributed by atoms with Crippen LogP contribution in [0.25, 0.3) is 0 Å². The Bertz CT molecular complexity index is 208. The van der Waals surface area contributed by atoms with E-state index in [0.29, 0.717) is 11.5 Å². The highest BCUT2D eigenvalue weighted by atomic mass is 16.7. The minimum Gasteiger partial charge on any atom is -0.350 e. The van der Waals surface area contributed by atoms with E-state index in [1.165, 1.54) is 12.8 Å². The van der Waals surface area contributed by atoms with Crippen molar-refractivity contribution in [3.05, 3.63) is 0 Å². The average Bonchev–Trinajstić information content (AvgIpc) is 2.00. The molecule has 1 aliphatic heterocycles. The Kier molecular flexibility index (Phi) is 2.61. The summed E-state index contributed by atoms with van der Waals surface area (Å²) in [6.07, 6.45) is 6.10. The Morgan fingerprint density at radius 1 is 1.21 bits per heavy atom. The molecule has 2 fully saturated rings. The van der Waals surface area contributed by atoms with Crippen LogP contribution in [0.15, 0.2) is 0 Å². The van der Waals surface area contributed by atoms with Gasteiger partial charge < -0.3 is 9.47 Å². The smallest absolute Gasteiger partial charge is 0.169 e. The van der Waals surface area contributed by atoms with Crippen LogP contribution in [-0.2, 0) is 9.47 Å². The summed E-state index contributed by atoms with van der Waals surface area (Å²) in [6, 6.07) is 0. The maximum absolute atomic E-state index is 6.03. The lowest BCUT2D eigenvalue weighted by Gasteiger charge is -2.47. The van der Waals surface area contributed by atoms with Crippen LogP contribution in [0, 0.1) is 5.41 Å². The van der Waals surface area contributed by atoms with Gasteiger partial charge in [-0.05, 0) is 31.6 Å². The lowest BCUT2D eigenvalue weighted by atomic mass is 9.74. The van der Waals surface area contributed by atoms with E-state index >= 15 is 0 Å². The standard InChI is InChI=1S/C12H22O2/c1-10-5-8-13-12(14-10)7-4-6-11(2,3)9-12/h10H,4-9H2,1-3H3. The molecule has 0 aromatic heterocycles. The Morgan fingerprint density at radius 3 is 2.64 bits per heavy atom. The van der Waals surface area contributed by atoms with Gasteiger partial charge in [0.25, 0.3) is 0 Å². The molecule has 0 amide bonds. The van der Waals surface area contributed by atoms with E-state index in [4.69, 9.17) is 9.47 Å². The molecular weight excluding hydrogens is 176 g/mol. The summed E-state index contributed by atoms with van der Waals surface area (Å²) in [5.41, 5.74) is 0.384. The molecule has 2 nitrogen and oxygen atoms in total. The molecule has 1 spiro atoms. The summed E-state index contributed by atoms with van der Waals surface area (Å²) in [7, 11) is 0. The van der Waals surface area contributed by atoms with Gasteiger partial charge in [-0.2, -0.15) is 0 Å². The average molecular weight is 198 g/mol. The van der Waals surface area contributed by atoms with Crippen molar-refractivity contribution >= 4 is 0 Å². The van der Waals surface area contributed by atoms with Crippen molar-refractivity contribution in [2.24, 2.45) is 5.41 Å². The Balaban J connectivity index is 2.06. The van der Waals surface area contributed by atoms with E-state index in [0.717, 1.165) is 25.9 Å². The third kappa shape index (κ3) is 2.12. The first-order valence-electron chi connectivity index (χ1n) is 5.83. The van der Waals surface area contributed by atoms with Crippen molar-refractivity contribution in [1.82, 2.24) is 0 Å². The summed E-state index contributed by atoms with van der Waals surface area (Å²) in [6.45, 7) is 7.67. The van der Waals surface area contributed by atoms with Gasteiger partial charge in [0.2, 0.25) is 0 Å². The summed E-state index contributed by atoms with van der Waals surface area (Å²) in [5.74, 6) is -0.237. The fourth-order valence-electron chi connectivity index (χ4n) is 2.84.